The highest BCUT2D eigenvalue weighted by Crippen LogP contribution is 2.15. The lowest BCUT2D eigenvalue weighted by atomic mass is 10.0. The first kappa shape index (κ1) is 12.2. The predicted molar refractivity (Wildman–Crippen MR) is 77.0 cm³/mol. The van der Waals surface area contributed by atoms with Gasteiger partial charge in [0.1, 0.15) is 0 Å². The van der Waals surface area contributed by atoms with E-state index in [1.807, 2.05) is 56.6 Å². The van der Waals surface area contributed by atoms with E-state index in [-0.39, 0.29) is 0 Å². The molecule has 2 aromatic rings. The van der Waals surface area contributed by atoms with Crippen LogP contribution in [0.15, 0.2) is 59.7 Å². The third-order valence-electron chi connectivity index (χ3n) is 2.83. The monoisotopic (exact) mass is 239 g/mol. The van der Waals surface area contributed by atoms with Gasteiger partial charge in [0.2, 0.25) is 0 Å². The number of benzene rings is 2. The third-order valence-corrected chi connectivity index (χ3v) is 2.83. The van der Waals surface area contributed by atoms with Gasteiger partial charge in [-0.2, -0.15) is 5.10 Å². The van der Waals surface area contributed by atoms with Crippen LogP contribution in [0.3, 0.4) is 0 Å². The molecule has 0 aliphatic rings. The highest BCUT2D eigenvalue weighted by atomic mass is 15.1. The second-order valence-corrected chi connectivity index (χ2v) is 4.29. The maximum Gasteiger partial charge on any atom is 0.0971 e. The number of rotatable bonds is 3. The first-order valence-electron chi connectivity index (χ1n) is 5.83. The summed E-state index contributed by atoms with van der Waals surface area (Å²) in [5.41, 5.74) is 4.01. The molecule has 0 heterocycles. The van der Waals surface area contributed by atoms with Crippen LogP contribution in [-0.2, 0) is 0 Å². The summed E-state index contributed by atoms with van der Waals surface area (Å²) in [6.45, 7) is 0. The minimum atomic E-state index is 0.806. The van der Waals surface area contributed by atoms with Gasteiger partial charge in [-0.1, -0.05) is 42.5 Å². The summed E-state index contributed by atoms with van der Waals surface area (Å²) >= 11 is 0. The summed E-state index contributed by atoms with van der Waals surface area (Å²) in [7, 11) is 4.04. The average molecular weight is 239 g/mol. The van der Waals surface area contributed by atoms with Crippen LogP contribution < -0.4 is 10.7 Å². The quantitative estimate of drug-likeness (QED) is 0.508. The van der Waals surface area contributed by atoms with E-state index in [9.17, 15) is 0 Å². The number of hydrazone groups is 1. The Bertz CT molecular complexity index is 527. The first-order chi connectivity index (χ1) is 8.72. The molecule has 3 heteroatoms. The van der Waals surface area contributed by atoms with Crippen LogP contribution in [-0.4, -0.2) is 19.8 Å². The summed E-state index contributed by atoms with van der Waals surface area (Å²) in [5, 5.41) is 3.91. The summed E-state index contributed by atoms with van der Waals surface area (Å²) in [4.78, 5) is 2.06. The Hall–Kier alpha value is -2.29. The first-order valence-corrected chi connectivity index (χ1v) is 5.83. The van der Waals surface area contributed by atoms with Crippen LogP contribution in [0.25, 0.3) is 0 Å². The van der Waals surface area contributed by atoms with Crippen molar-refractivity contribution in [3.8, 4) is 0 Å². The second kappa shape index (κ2) is 5.36. The van der Waals surface area contributed by atoms with Gasteiger partial charge in [-0.25, -0.2) is 0 Å². The van der Waals surface area contributed by atoms with E-state index in [1.54, 1.807) is 0 Å². The highest BCUT2D eigenvalue weighted by Gasteiger charge is 2.06. The molecule has 92 valence electrons. The summed E-state index contributed by atoms with van der Waals surface area (Å²) in [5.74, 6) is 5.51. The molecule has 0 radical (unpaired) electrons. The van der Waals surface area contributed by atoms with Gasteiger partial charge < -0.3 is 10.7 Å². The number of anilines is 1. The summed E-state index contributed by atoms with van der Waals surface area (Å²) < 4.78 is 0. The molecular weight excluding hydrogens is 222 g/mol. The lowest BCUT2D eigenvalue weighted by Crippen LogP contribution is -2.10. The third kappa shape index (κ3) is 2.51. The van der Waals surface area contributed by atoms with E-state index in [2.05, 4.69) is 22.1 Å². The standard InChI is InChI=1S/C15H17N3/c1-18(2)14-10-8-13(9-11-14)15(17-16)12-6-4-3-5-7-12/h3-11H,16H2,1-2H3/b17-15+. The van der Waals surface area contributed by atoms with Gasteiger partial charge in [0, 0.05) is 30.9 Å². The average Bonchev–Trinajstić information content (AvgIpc) is 2.41. The molecule has 0 spiro atoms. The van der Waals surface area contributed by atoms with E-state index in [0.717, 1.165) is 22.5 Å². The largest absolute Gasteiger partial charge is 0.378 e. The maximum absolute atomic E-state index is 5.51. The Balaban J connectivity index is 2.35. The van der Waals surface area contributed by atoms with E-state index in [1.165, 1.54) is 0 Å². The van der Waals surface area contributed by atoms with Gasteiger partial charge in [-0.3, -0.25) is 0 Å². The second-order valence-electron chi connectivity index (χ2n) is 4.29. The fourth-order valence-electron chi connectivity index (χ4n) is 1.83. The zero-order valence-corrected chi connectivity index (χ0v) is 10.7. The molecule has 0 amide bonds. The molecule has 0 bridgehead atoms. The van der Waals surface area contributed by atoms with Crippen LogP contribution in [0, 0.1) is 0 Å². The van der Waals surface area contributed by atoms with Crippen molar-refractivity contribution in [2.45, 2.75) is 0 Å². The predicted octanol–water partition coefficient (Wildman–Crippen LogP) is 2.46. The summed E-state index contributed by atoms with van der Waals surface area (Å²) in [6, 6.07) is 18.1. The molecule has 2 aromatic carbocycles. The van der Waals surface area contributed by atoms with E-state index < -0.39 is 0 Å². The fourth-order valence-corrected chi connectivity index (χ4v) is 1.83. The van der Waals surface area contributed by atoms with Gasteiger partial charge in [0.25, 0.3) is 0 Å². The lowest BCUT2D eigenvalue weighted by Gasteiger charge is -2.13. The van der Waals surface area contributed by atoms with Crippen LogP contribution in [0.4, 0.5) is 5.69 Å². The molecule has 0 saturated carbocycles. The zero-order valence-electron chi connectivity index (χ0n) is 10.7. The minimum absolute atomic E-state index is 0.806. The van der Waals surface area contributed by atoms with Crippen LogP contribution >= 0.6 is 0 Å². The van der Waals surface area contributed by atoms with Crippen molar-refractivity contribution in [2.75, 3.05) is 19.0 Å². The Labute approximate surface area is 108 Å². The molecule has 0 atom stereocenters. The van der Waals surface area contributed by atoms with Gasteiger partial charge >= 0.3 is 0 Å². The van der Waals surface area contributed by atoms with Gasteiger partial charge in [0.05, 0.1) is 5.71 Å². The fraction of sp³-hybridized carbons (Fsp3) is 0.133. The van der Waals surface area contributed by atoms with Crippen molar-refractivity contribution < 1.29 is 0 Å². The molecule has 0 fully saturated rings. The Kier molecular flexibility index (Phi) is 3.63. The number of nitrogens with two attached hydrogens (primary N) is 1. The highest BCUT2D eigenvalue weighted by molar-refractivity contribution is 6.12. The maximum atomic E-state index is 5.51. The zero-order chi connectivity index (χ0) is 13.0. The number of hydrogen-bond donors (Lipinski definition) is 1. The molecule has 18 heavy (non-hydrogen) atoms. The molecule has 0 aliphatic heterocycles. The normalized spacial score (nSPS) is 11.3. The Morgan fingerprint density at radius 3 is 1.94 bits per heavy atom. The van der Waals surface area contributed by atoms with E-state index in [0.29, 0.717) is 0 Å². The molecule has 0 saturated heterocycles. The van der Waals surface area contributed by atoms with Crippen molar-refractivity contribution in [1.29, 1.82) is 0 Å². The summed E-state index contributed by atoms with van der Waals surface area (Å²) in [6.07, 6.45) is 0. The van der Waals surface area contributed by atoms with Gasteiger partial charge in [-0.05, 0) is 12.1 Å². The smallest absolute Gasteiger partial charge is 0.0971 e. The van der Waals surface area contributed by atoms with E-state index in [4.69, 9.17) is 5.84 Å². The topological polar surface area (TPSA) is 41.6 Å². The molecule has 3 nitrogen and oxygen atoms in total. The Morgan fingerprint density at radius 2 is 1.44 bits per heavy atom. The van der Waals surface area contributed by atoms with Crippen molar-refractivity contribution in [3.05, 3.63) is 65.7 Å². The lowest BCUT2D eigenvalue weighted by molar-refractivity contribution is 1.13. The van der Waals surface area contributed by atoms with Crippen molar-refractivity contribution in [2.24, 2.45) is 10.9 Å². The molecule has 0 unspecified atom stereocenters. The van der Waals surface area contributed by atoms with Crippen molar-refractivity contribution in [3.63, 3.8) is 0 Å². The molecule has 0 aliphatic carbocycles. The number of nitrogens with zero attached hydrogens (tertiary/aromatic N) is 2. The Morgan fingerprint density at radius 1 is 0.889 bits per heavy atom. The molecular formula is C15H17N3. The van der Waals surface area contributed by atoms with Gasteiger partial charge in [0.15, 0.2) is 0 Å². The van der Waals surface area contributed by atoms with Crippen LogP contribution in [0.2, 0.25) is 0 Å². The molecule has 0 aromatic heterocycles. The SMILES string of the molecule is CN(C)c1ccc(/C(=N/N)c2ccccc2)cc1. The van der Waals surface area contributed by atoms with Crippen molar-refractivity contribution >= 4 is 11.4 Å². The van der Waals surface area contributed by atoms with Crippen molar-refractivity contribution in [1.82, 2.24) is 0 Å². The van der Waals surface area contributed by atoms with Crippen LogP contribution in [0.1, 0.15) is 11.1 Å². The minimum Gasteiger partial charge on any atom is -0.378 e. The van der Waals surface area contributed by atoms with Crippen LogP contribution in [0.5, 0.6) is 0 Å². The molecule has 2 rings (SSSR count). The number of hydrogen-bond acceptors (Lipinski definition) is 3. The molecule has 2 N–H and O–H groups in total. The van der Waals surface area contributed by atoms with Gasteiger partial charge in [-0.15, -0.1) is 0 Å². The van der Waals surface area contributed by atoms with E-state index >= 15 is 0 Å².